The highest BCUT2D eigenvalue weighted by Gasteiger charge is 2.17. The van der Waals surface area contributed by atoms with Crippen LogP contribution in [0.5, 0.6) is 0 Å². The summed E-state index contributed by atoms with van der Waals surface area (Å²) < 4.78 is 5.31. The minimum atomic E-state index is 1.23. The van der Waals surface area contributed by atoms with Crippen LogP contribution in [0.4, 0.5) is 0 Å². The van der Waals surface area contributed by atoms with Gasteiger partial charge in [0, 0.05) is 40.3 Å². The second kappa shape index (κ2) is 10.9. The van der Waals surface area contributed by atoms with E-state index in [1.807, 2.05) is 22.7 Å². The van der Waals surface area contributed by atoms with E-state index in [-0.39, 0.29) is 0 Å². The summed E-state index contributed by atoms with van der Waals surface area (Å²) in [6.45, 7) is 0. The van der Waals surface area contributed by atoms with Crippen LogP contribution in [0.2, 0.25) is 0 Å². The molecule has 11 rings (SSSR count). The monoisotopic (exact) mass is 668 g/mol. The van der Waals surface area contributed by atoms with Crippen molar-refractivity contribution in [3.63, 3.8) is 0 Å². The fourth-order valence-corrected chi connectivity index (χ4v) is 10.5. The van der Waals surface area contributed by atoms with Gasteiger partial charge in [-0.25, -0.2) is 0 Å². The molecule has 0 saturated heterocycles. The van der Waals surface area contributed by atoms with Crippen LogP contribution in [-0.4, -0.2) is 0 Å². The Kier molecular flexibility index (Phi) is 6.09. The second-order valence-corrected chi connectivity index (χ2v) is 15.4. The summed E-state index contributed by atoms with van der Waals surface area (Å²) in [5, 5.41) is 13.1. The first-order valence-corrected chi connectivity index (χ1v) is 18.7. The van der Waals surface area contributed by atoms with Crippen molar-refractivity contribution in [1.82, 2.24) is 0 Å². The highest BCUT2D eigenvalue weighted by Crippen LogP contribution is 2.45. The van der Waals surface area contributed by atoms with Gasteiger partial charge in [0.2, 0.25) is 0 Å². The molecule has 2 heteroatoms. The maximum Gasteiger partial charge on any atom is 0.0361 e. The van der Waals surface area contributed by atoms with Crippen molar-refractivity contribution in [3.05, 3.63) is 170 Å². The molecule has 0 radical (unpaired) electrons. The lowest BCUT2D eigenvalue weighted by atomic mass is 9.88. The Labute approximate surface area is 297 Å². The minimum Gasteiger partial charge on any atom is -0.135 e. The van der Waals surface area contributed by atoms with Gasteiger partial charge in [0.05, 0.1) is 0 Å². The zero-order valence-corrected chi connectivity index (χ0v) is 28.6. The van der Waals surface area contributed by atoms with Crippen LogP contribution in [0, 0.1) is 0 Å². The van der Waals surface area contributed by atoms with Crippen LogP contribution < -0.4 is 0 Å². The van der Waals surface area contributed by atoms with Gasteiger partial charge in [0.1, 0.15) is 0 Å². The Morgan fingerprint density at radius 3 is 1.16 bits per heavy atom. The van der Waals surface area contributed by atoms with E-state index in [2.05, 4.69) is 170 Å². The van der Waals surface area contributed by atoms with Crippen LogP contribution in [-0.2, 0) is 0 Å². The first-order chi connectivity index (χ1) is 24.8. The highest BCUT2D eigenvalue weighted by molar-refractivity contribution is 7.26. The lowest BCUT2D eigenvalue weighted by Crippen LogP contribution is -1.89. The van der Waals surface area contributed by atoms with E-state index >= 15 is 0 Å². The standard InChI is InChI=1S/C48H28S2/c1-2-13-37-35(11-1)36-12-3-4-14-38(36)42-28-29(23-24-39(37)42)30-25-31(33-17-9-21-45-47(33)40-15-5-7-19-43(40)49-45)27-32(26-30)34-18-10-22-46-48(34)41-16-6-8-20-44(41)50-46/h1-28H. The Morgan fingerprint density at radius 2 is 0.640 bits per heavy atom. The molecule has 0 atom stereocenters. The van der Waals surface area contributed by atoms with Crippen molar-refractivity contribution >= 4 is 95.3 Å². The predicted octanol–water partition coefficient (Wildman–Crippen LogP) is 14.9. The normalized spacial score (nSPS) is 12.0. The molecule has 232 valence electrons. The van der Waals surface area contributed by atoms with Crippen LogP contribution in [0.3, 0.4) is 0 Å². The fraction of sp³-hybridized carbons (Fsp3) is 0. The van der Waals surface area contributed by atoms with Gasteiger partial charge in [-0.2, -0.15) is 0 Å². The predicted molar refractivity (Wildman–Crippen MR) is 221 cm³/mol. The maximum atomic E-state index is 2.43. The number of thiophene rings is 2. The summed E-state index contributed by atoms with van der Waals surface area (Å²) in [6, 6.07) is 63.3. The van der Waals surface area contributed by atoms with Crippen LogP contribution in [0.15, 0.2) is 170 Å². The Morgan fingerprint density at radius 1 is 0.240 bits per heavy atom. The quantitative estimate of drug-likeness (QED) is 0.164. The van der Waals surface area contributed by atoms with Crippen molar-refractivity contribution in [2.45, 2.75) is 0 Å². The third kappa shape index (κ3) is 4.16. The first kappa shape index (κ1) is 28.1. The van der Waals surface area contributed by atoms with Crippen LogP contribution in [0.25, 0.3) is 106 Å². The van der Waals surface area contributed by atoms with E-state index in [1.165, 1.54) is 106 Å². The Hall–Kier alpha value is -5.80. The molecule has 0 fully saturated rings. The van der Waals surface area contributed by atoms with Gasteiger partial charge in [0.25, 0.3) is 0 Å². The third-order valence-electron chi connectivity index (χ3n) is 10.4. The number of hydrogen-bond donors (Lipinski definition) is 0. The fourth-order valence-electron chi connectivity index (χ4n) is 8.22. The molecule has 50 heavy (non-hydrogen) atoms. The molecule has 0 aliphatic rings. The highest BCUT2D eigenvalue weighted by atomic mass is 32.1. The summed E-state index contributed by atoms with van der Waals surface area (Å²) >= 11 is 3.76. The Balaban J connectivity index is 1.23. The molecular weight excluding hydrogens is 641 g/mol. The zero-order chi connectivity index (χ0) is 32.8. The third-order valence-corrected chi connectivity index (χ3v) is 12.7. The van der Waals surface area contributed by atoms with Gasteiger partial charge in [-0.05, 0) is 114 Å². The lowest BCUT2D eigenvalue weighted by molar-refractivity contribution is 1.61. The van der Waals surface area contributed by atoms with Crippen LogP contribution >= 0.6 is 22.7 Å². The number of rotatable bonds is 3. The van der Waals surface area contributed by atoms with Gasteiger partial charge >= 0.3 is 0 Å². The molecule has 0 nitrogen and oxygen atoms in total. The lowest BCUT2D eigenvalue weighted by Gasteiger charge is -2.15. The molecular formula is C48H28S2. The number of benzene rings is 9. The molecule has 0 N–H and O–H groups in total. The van der Waals surface area contributed by atoms with Crippen molar-refractivity contribution in [2.75, 3.05) is 0 Å². The molecule has 2 heterocycles. The van der Waals surface area contributed by atoms with Gasteiger partial charge in [0.15, 0.2) is 0 Å². The Bertz CT molecular complexity index is 2990. The molecule has 0 aliphatic carbocycles. The SMILES string of the molecule is c1ccc2c(c1)sc1cccc(-c3cc(-c4ccc5c6ccccc6c6ccccc6c5c4)cc(-c4cccc5sc6ccccc6c45)c3)c12. The van der Waals surface area contributed by atoms with Gasteiger partial charge in [-0.15, -0.1) is 22.7 Å². The average molecular weight is 669 g/mol. The van der Waals surface area contributed by atoms with Gasteiger partial charge in [-0.1, -0.05) is 121 Å². The van der Waals surface area contributed by atoms with Crippen molar-refractivity contribution < 1.29 is 0 Å². The summed E-state index contributed by atoms with van der Waals surface area (Å²) in [4.78, 5) is 0. The van der Waals surface area contributed by atoms with Crippen molar-refractivity contribution in [1.29, 1.82) is 0 Å². The molecule has 0 amide bonds. The van der Waals surface area contributed by atoms with E-state index in [9.17, 15) is 0 Å². The summed E-state index contributed by atoms with van der Waals surface area (Å²) in [5.41, 5.74) is 7.50. The largest absolute Gasteiger partial charge is 0.135 e. The average Bonchev–Trinajstić information content (AvgIpc) is 3.76. The topological polar surface area (TPSA) is 0 Å². The smallest absolute Gasteiger partial charge is 0.0361 e. The summed E-state index contributed by atoms with van der Waals surface area (Å²) in [5.74, 6) is 0. The van der Waals surface area contributed by atoms with Crippen LogP contribution in [0.1, 0.15) is 0 Å². The molecule has 0 spiro atoms. The van der Waals surface area contributed by atoms with E-state index in [4.69, 9.17) is 0 Å². The van der Waals surface area contributed by atoms with E-state index in [1.54, 1.807) is 0 Å². The number of fused-ring (bicyclic) bond motifs is 12. The molecule has 0 bridgehead atoms. The van der Waals surface area contributed by atoms with Crippen molar-refractivity contribution in [3.8, 4) is 33.4 Å². The van der Waals surface area contributed by atoms with E-state index in [0.717, 1.165) is 0 Å². The van der Waals surface area contributed by atoms with Crippen molar-refractivity contribution in [2.24, 2.45) is 0 Å². The van der Waals surface area contributed by atoms with E-state index in [0.29, 0.717) is 0 Å². The van der Waals surface area contributed by atoms with Gasteiger partial charge in [-0.3, -0.25) is 0 Å². The first-order valence-electron chi connectivity index (χ1n) is 17.1. The molecule has 9 aromatic carbocycles. The zero-order valence-electron chi connectivity index (χ0n) is 27.0. The molecule has 0 aliphatic heterocycles. The minimum absolute atomic E-state index is 1.23. The van der Waals surface area contributed by atoms with Gasteiger partial charge < -0.3 is 0 Å². The maximum absolute atomic E-state index is 2.43. The molecule has 11 aromatic rings. The summed E-state index contributed by atoms with van der Waals surface area (Å²) in [7, 11) is 0. The molecule has 0 saturated carbocycles. The summed E-state index contributed by atoms with van der Waals surface area (Å²) in [6.07, 6.45) is 0. The molecule has 2 aromatic heterocycles. The van der Waals surface area contributed by atoms with E-state index < -0.39 is 0 Å². The second-order valence-electron chi connectivity index (χ2n) is 13.2. The number of hydrogen-bond acceptors (Lipinski definition) is 2. The molecule has 0 unspecified atom stereocenters.